The van der Waals surface area contributed by atoms with Crippen LogP contribution in [0.3, 0.4) is 0 Å². The number of hydrogen-bond donors (Lipinski definition) is 2. The Morgan fingerprint density at radius 2 is 1.64 bits per heavy atom. The molecule has 0 radical (unpaired) electrons. The molecule has 5 heteroatoms. The highest BCUT2D eigenvalue weighted by molar-refractivity contribution is 5.94. The van der Waals surface area contributed by atoms with Crippen molar-refractivity contribution in [3.05, 3.63) is 71.3 Å². The van der Waals surface area contributed by atoms with Crippen molar-refractivity contribution < 1.29 is 4.79 Å². The second-order valence-electron chi connectivity index (χ2n) is 5.88. The summed E-state index contributed by atoms with van der Waals surface area (Å²) >= 11 is 0. The Kier molecular flexibility index (Phi) is 7.01. The van der Waals surface area contributed by atoms with E-state index in [2.05, 4.69) is 39.6 Å². The Bertz CT molecular complexity index is 713. The maximum absolute atomic E-state index is 12.0. The van der Waals surface area contributed by atoms with Crippen LogP contribution in [0.2, 0.25) is 0 Å². The van der Waals surface area contributed by atoms with Crippen LogP contribution in [0.25, 0.3) is 0 Å². The van der Waals surface area contributed by atoms with E-state index in [1.54, 1.807) is 19.2 Å². The zero-order chi connectivity index (χ0) is 18.1. The molecule has 0 heterocycles. The van der Waals surface area contributed by atoms with Crippen LogP contribution in [0.15, 0.2) is 59.6 Å². The van der Waals surface area contributed by atoms with Crippen LogP contribution >= 0.6 is 0 Å². The molecular weight excluding hydrogens is 312 g/mol. The van der Waals surface area contributed by atoms with Gasteiger partial charge in [0.2, 0.25) is 0 Å². The van der Waals surface area contributed by atoms with Gasteiger partial charge in [-0.25, -0.2) is 0 Å². The molecule has 0 unspecified atom stereocenters. The number of aryl methyl sites for hydroxylation is 1. The summed E-state index contributed by atoms with van der Waals surface area (Å²) in [6.45, 7) is 4.04. The molecule has 0 spiro atoms. The average Bonchev–Trinajstić information content (AvgIpc) is 2.64. The van der Waals surface area contributed by atoms with Crippen molar-refractivity contribution in [1.29, 1.82) is 0 Å². The zero-order valence-electron chi connectivity index (χ0n) is 15.1. The smallest absolute Gasteiger partial charge is 0.251 e. The summed E-state index contributed by atoms with van der Waals surface area (Å²) in [5.74, 6) is 0.739. The quantitative estimate of drug-likeness (QED) is 0.483. The largest absolute Gasteiger partial charge is 0.354 e. The number of nitrogens with one attached hydrogen (secondary N) is 2. The number of aliphatic imine (C=N–C) groups is 1. The maximum atomic E-state index is 12.0. The van der Waals surface area contributed by atoms with Gasteiger partial charge in [0.1, 0.15) is 0 Å². The summed E-state index contributed by atoms with van der Waals surface area (Å²) < 4.78 is 0. The lowest BCUT2D eigenvalue weighted by Gasteiger charge is -2.23. The monoisotopic (exact) mass is 338 g/mol. The Balaban J connectivity index is 1.78. The summed E-state index contributed by atoms with van der Waals surface area (Å²) in [4.78, 5) is 18.4. The molecule has 5 nitrogen and oxygen atoms in total. The second kappa shape index (κ2) is 9.47. The molecule has 25 heavy (non-hydrogen) atoms. The van der Waals surface area contributed by atoms with Crippen LogP contribution in [0.4, 0.5) is 0 Å². The second-order valence-corrected chi connectivity index (χ2v) is 5.88. The number of carbonyl (C=O) groups is 1. The third kappa shape index (κ3) is 5.64. The lowest BCUT2D eigenvalue weighted by molar-refractivity contribution is 0.0954. The molecule has 0 bridgehead atoms. The number of benzene rings is 2. The summed E-state index contributed by atoms with van der Waals surface area (Å²) in [5, 5.41) is 6.18. The highest BCUT2D eigenvalue weighted by Crippen LogP contribution is 2.09. The fraction of sp³-hybridized carbons (Fsp3) is 0.300. The first-order valence-corrected chi connectivity index (χ1v) is 8.41. The number of guanidine groups is 1. The molecule has 0 aromatic heterocycles. The van der Waals surface area contributed by atoms with Crippen molar-refractivity contribution in [1.82, 2.24) is 15.5 Å². The van der Waals surface area contributed by atoms with Crippen LogP contribution < -0.4 is 10.6 Å². The minimum atomic E-state index is -0.0642. The van der Waals surface area contributed by atoms with Crippen molar-refractivity contribution in [2.75, 3.05) is 27.2 Å². The van der Waals surface area contributed by atoms with E-state index >= 15 is 0 Å². The van der Waals surface area contributed by atoms with Crippen molar-refractivity contribution >= 4 is 11.9 Å². The predicted molar refractivity (Wildman–Crippen MR) is 103 cm³/mol. The van der Waals surface area contributed by atoms with Gasteiger partial charge in [-0.1, -0.05) is 42.5 Å². The van der Waals surface area contributed by atoms with Gasteiger partial charge in [0.05, 0.1) is 0 Å². The summed E-state index contributed by atoms with van der Waals surface area (Å²) in [6, 6.07) is 17.5. The molecule has 0 aliphatic rings. The highest BCUT2D eigenvalue weighted by atomic mass is 16.1. The van der Waals surface area contributed by atoms with Gasteiger partial charge in [-0.15, -0.1) is 0 Å². The maximum Gasteiger partial charge on any atom is 0.251 e. The van der Waals surface area contributed by atoms with E-state index in [9.17, 15) is 4.79 Å². The van der Waals surface area contributed by atoms with Gasteiger partial charge in [-0.05, 0) is 30.2 Å². The molecule has 1 amide bonds. The van der Waals surface area contributed by atoms with E-state index in [0.29, 0.717) is 18.7 Å². The molecule has 0 saturated heterocycles. The van der Waals surface area contributed by atoms with E-state index in [1.807, 2.05) is 37.4 Å². The van der Waals surface area contributed by atoms with E-state index < -0.39 is 0 Å². The van der Waals surface area contributed by atoms with E-state index in [4.69, 9.17) is 0 Å². The Labute approximate surface area is 149 Å². The number of carbonyl (C=O) groups excluding carboxylic acids is 1. The number of amides is 1. The third-order valence-corrected chi connectivity index (χ3v) is 3.97. The average molecular weight is 338 g/mol. The summed E-state index contributed by atoms with van der Waals surface area (Å²) in [7, 11) is 3.77. The van der Waals surface area contributed by atoms with Gasteiger partial charge < -0.3 is 15.5 Å². The van der Waals surface area contributed by atoms with Gasteiger partial charge in [0.25, 0.3) is 5.91 Å². The van der Waals surface area contributed by atoms with E-state index in [0.717, 1.165) is 12.5 Å². The lowest BCUT2D eigenvalue weighted by atomic mass is 10.1. The van der Waals surface area contributed by atoms with Crippen molar-refractivity contribution in [2.24, 2.45) is 4.99 Å². The van der Waals surface area contributed by atoms with Crippen molar-refractivity contribution in [2.45, 2.75) is 13.5 Å². The number of nitrogens with zero attached hydrogens (tertiary/aromatic N) is 2. The van der Waals surface area contributed by atoms with Crippen LogP contribution in [0.1, 0.15) is 21.5 Å². The summed E-state index contributed by atoms with van der Waals surface area (Å²) in [5.41, 5.74) is 3.20. The van der Waals surface area contributed by atoms with Gasteiger partial charge in [0, 0.05) is 39.3 Å². The van der Waals surface area contributed by atoms with Gasteiger partial charge in [0.15, 0.2) is 5.96 Å². The van der Waals surface area contributed by atoms with Crippen LogP contribution in [0, 0.1) is 6.92 Å². The zero-order valence-corrected chi connectivity index (χ0v) is 15.1. The van der Waals surface area contributed by atoms with Gasteiger partial charge in [-0.3, -0.25) is 9.79 Å². The Morgan fingerprint density at radius 1 is 1.00 bits per heavy atom. The highest BCUT2D eigenvalue weighted by Gasteiger charge is 2.08. The molecular formula is C20H26N4O. The Morgan fingerprint density at radius 3 is 2.32 bits per heavy atom. The van der Waals surface area contributed by atoms with E-state index in [1.165, 1.54) is 11.1 Å². The first-order valence-electron chi connectivity index (χ1n) is 8.41. The minimum absolute atomic E-state index is 0.0642. The molecule has 132 valence electrons. The Hall–Kier alpha value is -2.82. The van der Waals surface area contributed by atoms with Crippen LogP contribution in [-0.2, 0) is 6.54 Å². The molecule has 0 saturated carbocycles. The molecule has 2 rings (SSSR count). The van der Waals surface area contributed by atoms with Crippen LogP contribution in [0.5, 0.6) is 0 Å². The SMILES string of the molecule is CN=C(NCCNC(=O)c1ccccc1)N(C)Cc1ccccc1C. The van der Waals surface area contributed by atoms with Crippen LogP contribution in [-0.4, -0.2) is 44.0 Å². The third-order valence-electron chi connectivity index (χ3n) is 3.97. The minimum Gasteiger partial charge on any atom is -0.354 e. The summed E-state index contributed by atoms with van der Waals surface area (Å²) in [6.07, 6.45) is 0. The van der Waals surface area contributed by atoms with Crippen molar-refractivity contribution in [3.63, 3.8) is 0 Å². The molecule has 0 fully saturated rings. The first kappa shape index (κ1) is 18.5. The standard InChI is InChI=1S/C20H26N4O/c1-16-9-7-8-12-18(16)15-24(3)20(21-2)23-14-13-22-19(25)17-10-5-4-6-11-17/h4-12H,13-15H2,1-3H3,(H,21,23)(H,22,25). The molecule has 2 N–H and O–H groups in total. The molecule has 0 aliphatic heterocycles. The van der Waals surface area contributed by atoms with Gasteiger partial charge >= 0.3 is 0 Å². The first-order chi connectivity index (χ1) is 12.1. The number of rotatable bonds is 6. The number of hydrogen-bond acceptors (Lipinski definition) is 2. The molecule has 2 aromatic carbocycles. The predicted octanol–water partition coefficient (Wildman–Crippen LogP) is 2.43. The van der Waals surface area contributed by atoms with Gasteiger partial charge in [-0.2, -0.15) is 0 Å². The molecule has 0 atom stereocenters. The fourth-order valence-electron chi connectivity index (χ4n) is 2.54. The van der Waals surface area contributed by atoms with Crippen molar-refractivity contribution in [3.8, 4) is 0 Å². The lowest BCUT2D eigenvalue weighted by Crippen LogP contribution is -2.42. The molecule has 0 aliphatic carbocycles. The molecule has 2 aromatic rings. The topological polar surface area (TPSA) is 56.7 Å². The normalized spacial score (nSPS) is 11.1. The van der Waals surface area contributed by atoms with E-state index in [-0.39, 0.29) is 5.91 Å². The fourth-order valence-corrected chi connectivity index (χ4v) is 2.54.